The van der Waals surface area contributed by atoms with Gasteiger partial charge in [0.25, 0.3) is 0 Å². The van der Waals surface area contributed by atoms with Crippen LogP contribution in [-0.4, -0.2) is 13.0 Å². The molecule has 2 rings (SSSR count). The van der Waals surface area contributed by atoms with Gasteiger partial charge in [0.2, 0.25) is 0 Å². The fraction of sp³-hybridized carbons (Fsp3) is 0.538. The number of ether oxygens (including phenoxy) is 1. The van der Waals surface area contributed by atoms with Gasteiger partial charge < -0.3 is 4.74 Å². The highest BCUT2D eigenvalue weighted by atomic mass is 35.5. The Kier molecular flexibility index (Phi) is 2.92. The van der Waals surface area contributed by atoms with Crippen molar-refractivity contribution in [3.05, 3.63) is 29.3 Å². The molecule has 1 aromatic rings. The molecule has 2 heteroatoms. The summed E-state index contributed by atoms with van der Waals surface area (Å²) in [5, 5.41) is 0. The van der Waals surface area contributed by atoms with Gasteiger partial charge in [0.15, 0.2) is 0 Å². The van der Waals surface area contributed by atoms with E-state index in [1.165, 1.54) is 24.0 Å². The molecule has 0 spiro atoms. The lowest BCUT2D eigenvalue weighted by Crippen LogP contribution is -2.08. The fourth-order valence-electron chi connectivity index (χ4n) is 1.98. The molecule has 0 radical (unpaired) electrons. The zero-order valence-corrected chi connectivity index (χ0v) is 10.1. The molecular formula is C13H17ClO. The van der Waals surface area contributed by atoms with E-state index in [9.17, 15) is 0 Å². The van der Waals surface area contributed by atoms with Crippen LogP contribution in [0.1, 0.15) is 24.0 Å². The van der Waals surface area contributed by atoms with Gasteiger partial charge in [-0.2, -0.15) is 0 Å². The minimum Gasteiger partial charge on any atom is -0.496 e. The van der Waals surface area contributed by atoms with Gasteiger partial charge in [0, 0.05) is 5.88 Å². The van der Waals surface area contributed by atoms with E-state index in [-0.39, 0.29) is 0 Å². The van der Waals surface area contributed by atoms with Crippen LogP contribution in [0.3, 0.4) is 0 Å². The molecule has 1 aromatic carbocycles. The van der Waals surface area contributed by atoms with Gasteiger partial charge >= 0.3 is 0 Å². The lowest BCUT2D eigenvalue weighted by molar-refractivity contribution is 0.404. The van der Waals surface area contributed by atoms with Crippen molar-refractivity contribution in [3.8, 4) is 5.75 Å². The first kappa shape index (κ1) is 10.8. The molecule has 0 aromatic heterocycles. The predicted octanol–water partition coefficient (Wildman–Crippen LogP) is 3.57. The maximum absolute atomic E-state index is 6.00. The van der Waals surface area contributed by atoms with E-state index < -0.39 is 0 Å². The molecule has 1 aliphatic rings. The molecule has 0 amide bonds. The van der Waals surface area contributed by atoms with Crippen LogP contribution >= 0.6 is 11.6 Å². The highest BCUT2D eigenvalue weighted by molar-refractivity contribution is 6.18. The number of aryl methyl sites for hydroxylation is 1. The summed E-state index contributed by atoms with van der Waals surface area (Å²) in [6.45, 7) is 2.11. The van der Waals surface area contributed by atoms with E-state index in [2.05, 4.69) is 25.1 Å². The quantitative estimate of drug-likeness (QED) is 0.711. The molecule has 82 valence electrons. The molecule has 0 heterocycles. The van der Waals surface area contributed by atoms with Crippen molar-refractivity contribution in [2.24, 2.45) is 5.41 Å². The number of benzene rings is 1. The molecule has 0 bridgehead atoms. The first-order chi connectivity index (χ1) is 7.19. The smallest absolute Gasteiger partial charge is 0.122 e. The van der Waals surface area contributed by atoms with Crippen LogP contribution in [0.4, 0.5) is 0 Å². The highest BCUT2D eigenvalue weighted by Gasteiger charge is 2.42. The minimum absolute atomic E-state index is 0.364. The average molecular weight is 225 g/mol. The largest absolute Gasteiger partial charge is 0.496 e. The summed E-state index contributed by atoms with van der Waals surface area (Å²) < 4.78 is 5.38. The molecule has 1 fully saturated rings. The SMILES string of the molecule is COc1ccc(C)cc1CC1(CCl)CC1. The van der Waals surface area contributed by atoms with E-state index in [4.69, 9.17) is 16.3 Å². The Labute approximate surface area is 96.4 Å². The Bertz CT molecular complexity index is 356. The maximum atomic E-state index is 6.00. The van der Waals surface area contributed by atoms with E-state index in [0.29, 0.717) is 5.41 Å². The second kappa shape index (κ2) is 4.05. The first-order valence-corrected chi connectivity index (χ1v) is 5.92. The second-order valence-corrected chi connectivity index (χ2v) is 4.89. The third kappa shape index (κ3) is 2.28. The van der Waals surface area contributed by atoms with E-state index >= 15 is 0 Å². The Hall–Kier alpha value is -0.690. The standard InChI is InChI=1S/C13H17ClO/c1-10-3-4-12(15-2)11(7-10)8-13(9-14)5-6-13/h3-4,7H,5-6,8-9H2,1-2H3. The molecule has 15 heavy (non-hydrogen) atoms. The Balaban J connectivity index is 2.22. The van der Waals surface area contributed by atoms with Gasteiger partial charge in [0.05, 0.1) is 7.11 Å². The Morgan fingerprint density at radius 3 is 2.67 bits per heavy atom. The van der Waals surface area contributed by atoms with Gasteiger partial charge in [-0.1, -0.05) is 17.7 Å². The Morgan fingerprint density at radius 1 is 1.40 bits per heavy atom. The van der Waals surface area contributed by atoms with Gasteiger partial charge in [-0.05, 0) is 43.2 Å². The first-order valence-electron chi connectivity index (χ1n) is 5.39. The van der Waals surface area contributed by atoms with Crippen molar-refractivity contribution in [1.82, 2.24) is 0 Å². The van der Waals surface area contributed by atoms with Crippen molar-refractivity contribution < 1.29 is 4.74 Å². The lowest BCUT2D eigenvalue weighted by Gasteiger charge is -2.14. The third-order valence-electron chi connectivity index (χ3n) is 3.24. The molecule has 1 saturated carbocycles. The summed E-state index contributed by atoms with van der Waals surface area (Å²) in [4.78, 5) is 0. The monoisotopic (exact) mass is 224 g/mol. The van der Waals surface area contributed by atoms with E-state index in [1.54, 1.807) is 7.11 Å². The second-order valence-electron chi connectivity index (χ2n) is 4.63. The van der Waals surface area contributed by atoms with Crippen molar-refractivity contribution in [3.63, 3.8) is 0 Å². The number of methoxy groups -OCH3 is 1. The van der Waals surface area contributed by atoms with Crippen LogP contribution in [0.15, 0.2) is 18.2 Å². The third-order valence-corrected chi connectivity index (χ3v) is 3.81. The van der Waals surface area contributed by atoms with Crippen LogP contribution in [0.2, 0.25) is 0 Å². The summed E-state index contributed by atoms with van der Waals surface area (Å²) in [6.07, 6.45) is 3.57. The number of hydrogen-bond acceptors (Lipinski definition) is 1. The molecule has 1 aliphatic carbocycles. The van der Waals surface area contributed by atoms with Crippen LogP contribution < -0.4 is 4.74 Å². The minimum atomic E-state index is 0.364. The van der Waals surface area contributed by atoms with Crippen LogP contribution in [0.5, 0.6) is 5.75 Å². The number of hydrogen-bond donors (Lipinski definition) is 0. The Morgan fingerprint density at radius 2 is 2.13 bits per heavy atom. The van der Waals surface area contributed by atoms with E-state index in [1.807, 2.05) is 0 Å². The zero-order chi connectivity index (χ0) is 10.9. The predicted molar refractivity (Wildman–Crippen MR) is 63.8 cm³/mol. The molecule has 0 unspecified atom stereocenters. The van der Waals surface area contributed by atoms with Crippen molar-refractivity contribution in [1.29, 1.82) is 0 Å². The summed E-state index contributed by atoms with van der Waals surface area (Å²) in [6, 6.07) is 6.35. The summed E-state index contributed by atoms with van der Waals surface area (Å²) in [5.74, 6) is 1.77. The molecule has 0 atom stereocenters. The molecular weight excluding hydrogens is 208 g/mol. The summed E-state index contributed by atoms with van der Waals surface area (Å²) in [5.41, 5.74) is 2.95. The van der Waals surface area contributed by atoms with E-state index in [0.717, 1.165) is 18.1 Å². The molecule has 0 N–H and O–H groups in total. The molecule has 0 saturated heterocycles. The highest BCUT2D eigenvalue weighted by Crippen LogP contribution is 2.50. The van der Waals surface area contributed by atoms with Gasteiger partial charge in [-0.25, -0.2) is 0 Å². The fourth-order valence-corrected chi connectivity index (χ4v) is 2.35. The van der Waals surface area contributed by atoms with Gasteiger partial charge in [0.1, 0.15) is 5.75 Å². The van der Waals surface area contributed by atoms with Crippen LogP contribution in [0.25, 0.3) is 0 Å². The molecule has 1 nitrogen and oxygen atoms in total. The van der Waals surface area contributed by atoms with Crippen molar-refractivity contribution in [2.45, 2.75) is 26.2 Å². The lowest BCUT2D eigenvalue weighted by atomic mass is 9.96. The topological polar surface area (TPSA) is 9.23 Å². The normalized spacial score (nSPS) is 17.5. The van der Waals surface area contributed by atoms with Gasteiger partial charge in [-0.15, -0.1) is 11.6 Å². The summed E-state index contributed by atoms with van der Waals surface area (Å²) >= 11 is 6.00. The zero-order valence-electron chi connectivity index (χ0n) is 9.35. The number of rotatable bonds is 4. The van der Waals surface area contributed by atoms with Crippen molar-refractivity contribution in [2.75, 3.05) is 13.0 Å². The average Bonchev–Trinajstić information content (AvgIpc) is 2.99. The summed E-state index contributed by atoms with van der Waals surface area (Å²) in [7, 11) is 1.73. The maximum Gasteiger partial charge on any atom is 0.122 e. The van der Waals surface area contributed by atoms with Crippen molar-refractivity contribution >= 4 is 11.6 Å². The number of alkyl halides is 1. The van der Waals surface area contributed by atoms with Gasteiger partial charge in [-0.3, -0.25) is 0 Å². The van der Waals surface area contributed by atoms with Crippen LogP contribution in [0, 0.1) is 12.3 Å². The van der Waals surface area contributed by atoms with Crippen LogP contribution in [-0.2, 0) is 6.42 Å². The molecule has 0 aliphatic heterocycles. The number of halogens is 1.